The molecular weight excluding hydrogens is 474 g/mol. The average Bonchev–Trinajstić information content (AvgIpc) is 3.54. The van der Waals surface area contributed by atoms with Gasteiger partial charge < -0.3 is 5.32 Å². The van der Waals surface area contributed by atoms with Gasteiger partial charge in [-0.3, -0.25) is 14.5 Å². The van der Waals surface area contributed by atoms with E-state index in [9.17, 15) is 9.59 Å². The number of carbonyl (C=O) groups excluding carboxylic acids is 2. The summed E-state index contributed by atoms with van der Waals surface area (Å²) in [6.07, 6.45) is 4.00. The van der Waals surface area contributed by atoms with Crippen molar-refractivity contribution in [2.24, 2.45) is 5.92 Å². The predicted molar refractivity (Wildman–Crippen MR) is 150 cm³/mol. The first-order valence-electron chi connectivity index (χ1n) is 13.5. The molecule has 0 saturated heterocycles. The highest BCUT2D eigenvalue weighted by Gasteiger charge is 2.33. The Labute approximate surface area is 223 Å². The second-order valence-electron chi connectivity index (χ2n) is 10.6. The van der Waals surface area contributed by atoms with Crippen molar-refractivity contribution in [2.75, 3.05) is 11.4 Å². The van der Waals surface area contributed by atoms with E-state index in [1.807, 2.05) is 61.5 Å². The Kier molecular flexibility index (Phi) is 7.54. The van der Waals surface area contributed by atoms with Gasteiger partial charge in [-0.1, -0.05) is 67.1 Å². The summed E-state index contributed by atoms with van der Waals surface area (Å²) < 4.78 is 1.61. The molecule has 7 nitrogen and oxygen atoms in total. The van der Waals surface area contributed by atoms with E-state index < -0.39 is 6.04 Å². The smallest absolute Gasteiger partial charge is 0.249 e. The highest BCUT2D eigenvalue weighted by atomic mass is 16.2. The second-order valence-corrected chi connectivity index (χ2v) is 10.6. The quantitative estimate of drug-likeness (QED) is 0.338. The number of benzene rings is 3. The molecule has 5 rings (SSSR count). The van der Waals surface area contributed by atoms with Crippen LogP contribution in [0.1, 0.15) is 55.0 Å². The first kappa shape index (κ1) is 25.6. The van der Waals surface area contributed by atoms with Gasteiger partial charge >= 0.3 is 0 Å². The fourth-order valence-electron chi connectivity index (χ4n) is 5.13. The summed E-state index contributed by atoms with van der Waals surface area (Å²) >= 11 is 0. The van der Waals surface area contributed by atoms with Crippen molar-refractivity contribution in [1.29, 1.82) is 0 Å². The molecule has 4 aromatic rings. The van der Waals surface area contributed by atoms with E-state index in [1.165, 1.54) is 11.1 Å². The number of amides is 2. The van der Waals surface area contributed by atoms with Crippen molar-refractivity contribution in [3.05, 3.63) is 89.0 Å². The number of anilines is 1. The molecule has 0 spiro atoms. The molecule has 1 aliphatic rings. The van der Waals surface area contributed by atoms with E-state index in [1.54, 1.807) is 9.58 Å². The zero-order valence-corrected chi connectivity index (χ0v) is 22.4. The van der Waals surface area contributed by atoms with Gasteiger partial charge in [0, 0.05) is 12.2 Å². The molecule has 1 aromatic heterocycles. The van der Waals surface area contributed by atoms with Crippen molar-refractivity contribution in [3.8, 4) is 0 Å². The summed E-state index contributed by atoms with van der Waals surface area (Å²) in [6.45, 7) is 6.80. The molecule has 2 amide bonds. The zero-order chi connectivity index (χ0) is 26.6. The minimum atomic E-state index is -0.815. The summed E-state index contributed by atoms with van der Waals surface area (Å²) in [5, 5.41) is 11.6. The van der Waals surface area contributed by atoms with Crippen LogP contribution in [0.5, 0.6) is 0 Å². The van der Waals surface area contributed by atoms with Gasteiger partial charge in [-0.05, 0) is 79.5 Å². The van der Waals surface area contributed by atoms with E-state index in [0.29, 0.717) is 12.5 Å². The van der Waals surface area contributed by atoms with Crippen LogP contribution in [0, 0.1) is 12.8 Å². The zero-order valence-electron chi connectivity index (χ0n) is 22.4. The molecule has 1 atom stereocenters. The Bertz CT molecular complexity index is 1440. The molecule has 3 aromatic carbocycles. The number of carbonyl (C=O) groups is 2. The van der Waals surface area contributed by atoms with Crippen molar-refractivity contribution >= 4 is 28.5 Å². The summed E-state index contributed by atoms with van der Waals surface area (Å²) in [5.41, 5.74) is 6.66. The lowest BCUT2D eigenvalue weighted by Crippen LogP contribution is -2.45. The summed E-state index contributed by atoms with van der Waals surface area (Å²) in [7, 11) is 0. The summed E-state index contributed by atoms with van der Waals surface area (Å²) in [4.78, 5) is 29.7. The number of aryl methyl sites for hydroxylation is 3. The Balaban J connectivity index is 1.57. The van der Waals surface area contributed by atoms with Crippen molar-refractivity contribution in [1.82, 2.24) is 20.3 Å². The maximum atomic E-state index is 14.2. The van der Waals surface area contributed by atoms with E-state index >= 15 is 0 Å². The lowest BCUT2D eigenvalue weighted by molar-refractivity contribution is -0.127. The Hall–Kier alpha value is -4.00. The topological polar surface area (TPSA) is 80.1 Å². The van der Waals surface area contributed by atoms with Crippen molar-refractivity contribution in [3.63, 3.8) is 0 Å². The number of aromatic nitrogens is 3. The van der Waals surface area contributed by atoms with Gasteiger partial charge in [-0.15, -0.1) is 5.10 Å². The minimum absolute atomic E-state index is 0.0285. The monoisotopic (exact) mass is 509 g/mol. The standard InChI is InChI=1S/C31H35N5O2/c1-21(2)17-18-32-31(38)30(24-13-11-22(3)12-14-24)36(26-16-15-23-7-6-8-25(23)19-26)29(37)20-35-28-10-5-4-9-27(28)33-34-35/h4-5,9-16,19,21,30H,6-8,17-18,20H2,1-3H3,(H,32,38). The number of nitrogens with one attached hydrogen (secondary N) is 1. The number of hydrogen-bond donors (Lipinski definition) is 1. The van der Waals surface area contributed by atoms with Crippen molar-refractivity contribution in [2.45, 2.75) is 59.0 Å². The fraction of sp³-hybridized carbons (Fsp3) is 0.355. The third kappa shape index (κ3) is 5.47. The van der Waals surface area contributed by atoms with Crippen LogP contribution >= 0.6 is 0 Å². The molecule has 0 saturated carbocycles. The number of para-hydroxylation sites is 1. The molecule has 7 heteroatoms. The SMILES string of the molecule is Cc1ccc(C(C(=O)NCCC(C)C)N(C(=O)Cn2nnc3ccccc32)c2ccc3c(c2)CCC3)cc1. The lowest BCUT2D eigenvalue weighted by Gasteiger charge is -2.32. The molecule has 0 aliphatic heterocycles. The van der Waals surface area contributed by atoms with Crippen LogP contribution in [0.15, 0.2) is 66.7 Å². The van der Waals surface area contributed by atoms with Gasteiger partial charge in [0.2, 0.25) is 11.8 Å². The average molecular weight is 510 g/mol. The van der Waals surface area contributed by atoms with Crippen LogP contribution in [-0.2, 0) is 29.0 Å². The number of fused-ring (bicyclic) bond motifs is 2. The largest absolute Gasteiger partial charge is 0.354 e. The fourth-order valence-corrected chi connectivity index (χ4v) is 5.13. The van der Waals surface area contributed by atoms with Gasteiger partial charge in [-0.2, -0.15) is 0 Å². The van der Waals surface area contributed by atoms with Crippen LogP contribution in [0.3, 0.4) is 0 Å². The van der Waals surface area contributed by atoms with E-state index in [2.05, 4.69) is 41.6 Å². The number of hydrogen-bond acceptors (Lipinski definition) is 4. The summed E-state index contributed by atoms with van der Waals surface area (Å²) in [5.74, 6) is 0.0538. The van der Waals surface area contributed by atoms with Crippen LogP contribution in [0.25, 0.3) is 11.0 Å². The van der Waals surface area contributed by atoms with Crippen LogP contribution in [-0.4, -0.2) is 33.4 Å². The molecule has 0 fully saturated rings. The minimum Gasteiger partial charge on any atom is -0.354 e. The van der Waals surface area contributed by atoms with E-state index in [4.69, 9.17) is 0 Å². The maximum absolute atomic E-state index is 14.2. The Morgan fingerprint density at radius 2 is 1.76 bits per heavy atom. The highest BCUT2D eigenvalue weighted by molar-refractivity contribution is 6.01. The molecule has 0 radical (unpaired) electrons. The van der Waals surface area contributed by atoms with Crippen LogP contribution in [0.4, 0.5) is 5.69 Å². The first-order chi connectivity index (χ1) is 18.4. The Morgan fingerprint density at radius 1 is 1.00 bits per heavy atom. The molecule has 1 heterocycles. The third-order valence-corrected chi connectivity index (χ3v) is 7.25. The normalized spacial score (nSPS) is 13.5. The van der Waals surface area contributed by atoms with Gasteiger partial charge in [0.25, 0.3) is 0 Å². The van der Waals surface area contributed by atoms with Gasteiger partial charge in [-0.25, -0.2) is 4.68 Å². The molecular formula is C31H35N5O2. The number of rotatable bonds is 9. The van der Waals surface area contributed by atoms with Crippen molar-refractivity contribution < 1.29 is 9.59 Å². The van der Waals surface area contributed by atoms with E-state index in [-0.39, 0.29) is 18.4 Å². The predicted octanol–water partition coefficient (Wildman–Crippen LogP) is 5.17. The lowest BCUT2D eigenvalue weighted by atomic mass is 10.00. The van der Waals surface area contributed by atoms with Crippen LogP contribution < -0.4 is 10.2 Å². The molecule has 0 bridgehead atoms. The van der Waals surface area contributed by atoms with Gasteiger partial charge in [0.1, 0.15) is 18.1 Å². The van der Waals surface area contributed by atoms with E-state index in [0.717, 1.165) is 53.5 Å². The molecule has 38 heavy (non-hydrogen) atoms. The number of nitrogens with zero attached hydrogens (tertiary/aromatic N) is 4. The second kappa shape index (κ2) is 11.2. The molecule has 196 valence electrons. The maximum Gasteiger partial charge on any atom is 0.249 e. The summed E-state index contributed by atoms with van der Waals surface area (Å²) in [6, 6.07) is 20.8. The highest BCUT2D eigenvalue weighted by Crippen LogP contribution is 2.33. The molecule has 1 unspecified atom stereocenters. The Morgan fingerprint density at radius 3 is 2.55 bits per heavy atom. The first-order valence-corrected chi connectivity index (χ1v) is 13.5. The van der Waals surface area contributed by atoms with Gasteiger partial charge in [0.05, 0.1) is 5.52 Å². The van der Waals surface area contributed by atoms with Crippen LogP contribution in [0.2, 0.25) is 0 Å². The molecule has 1 N–H and O–H groups in total. The third-order valence-electron chi connectivity index (χ3n) is 7.25. The van der Waals surface area contributed by atoms with Gasteiger partial charge in [0.15, 0.2) is 0 Å². The molecule has 1 aliphatic carbocycles.